The Hall–Kier alpha value is -2.43. The number of hydrogen-bond acceptors (Lipinski definition) is 5. The third kappa shape index (κ3) is 2.56. The number of rotatable bonds is 5. The number of nitrogens with zero attached hydrogens (tertiary/aromatic N) is 1. The minimum absolute atomic E-state index is 0.238. The molecule has 0 unspecified atom stereocenters. The molecule has 0 radical (unpaired) electrons. The van der Waals surface area contributed by atoms with E-state index in [2.05, 4.69) is 4.98 Å². The molecule has 0 aliphatic heterocycles. The lowest BCUT2D eigenvalue weighted by Gasteiger charge is -2.37. The number of ether oxygens (including phenoxy) is 2. The fourth-order valence-electron chi connectivity index (χ4n) is 3.00. The standard InChI is InChI=1S/C18H19NO4/c1-3-23-17(21)14-9-12-5-6-13(18(11-20)7-4-8-18)10-15(12)19-16(14)22-2/h5-6,9-11H,3-4,7-8H2,1-2H3. The summed E-state index contributed by atoms with van der Waals surface area (Å²) in [6, 6.07) is 7.47. The zero-order valence-corrected chi connectivity index (χ0v) is 13.3. The first-order valence-corrected chi connectivity index (χ1v) is 7.76. The molecule has 1 saturated carbocycles. The fraction of sp³-hybridized carbons (Fsp3) is 0.389. The number of benzene rings is 1. The summed E-state index contributed by atoms with van der Waals surface area (Å²) in [5.74, 6) is -0.215. The molecule has 3 rings (SSSR count). The van der Waals surface area contributed by atoms with Crippen molar-refractivity contribution in [1.82, 2.24) is 4.98 Å². The molecule has 0 atom stereocenters. The number of pyridine rings is 1. The molecule has 1 aliphatic rings. The van der Waals surface area contributed by atoms with Crippen molar-refractivity contribution in [3.05, 3.63) is 35.4 Å². The van der Waals surface area contributed by atoms with Gasteiger partial charge in [0.2, 0.25) is 5.88 Å². The number of aromatic nitrogens is 1. The maximum Gasteiger partial charge on any atom is 0.343 e. The molecule has 1 aromatic carbocycles. The molecular formula is C18H19NO4. The van der Waals surface area contributed by atoms with Crippen LogP contribution in [0.1, 0.15) is 42.1 Å². The second-order valence-corrected chi connectivity index (χ2v) is 5.80. The Balaban J connectivity index is 2.08. The van der Waals surface area contributed by atoms with Crippen molar-refractivity contribution in [3.63, 3.8) is 0 Å². The average molecular weight is 313 g/mol. The monoisotopic (exact) mass is 313 g/mol. The normalized spacial score (nSPS) is 15.7. The summed E-state index contributed by atoms with van der Waals surface area (Å²) in [7, 11) is 1.47. The van der Waals surface area contributed by atoms with E-state index in [-0.39, 0.29) is 11.3 Å². The Morgan fingerprint density at radius 1 is 1.35 bits per heavy atom. The lowest BCUT2D eigenvalue weighted by Crippen LogP contribution is -2.35. The van der Waals surface area contributed by atoms with E-state index in [4.69, 9.17) is 9.47 Å². The lowest BCUT2D eigenvalue weighted by atomic mass is 9.65. The van der Waals surface area contributed by atoms with Crippen LogP contribution in [0.25, 0.3) is 10.9 Å². The largest absolute Gasteiger partial charge is 0.480 e. The molecule has 5 nitrogen and oxygen atoms in total. The van der Waals surface area contributed by atoms with Gasteiger partial charge in [0.05, 0.1) is 24.6 Å². The van der Waals surface area contributed by atoms with Crippen molar-refractivity contribution in [2.24, 2.45) is 0 Å². The maximum absolute atomic E-state index is 12.0. The van der Waals surface area contributed by atoms with Crippen molar-refractivity contribution in [2.75, 3.05) is 13.7 Å². The van der Waals surface area contributed by atoms with Gasteiger partial charge in [-0.05, 0) is 37.5 Å². The van der Waals surface area contributed by atoms with E-state index in [1.54, 1.807) is 13.0 Å². The molecule has 1 fully saturated rings. The van der Waals surface area contributed by atoms with E-state index in [1.165, 1.54) is 7.11 Å². The smallest absolute Gasteiger partial charge is 0.343 e. The minimum atomic E-state index is -0.453. The van der Waals surface area contributed by atoms with Crippen LogP contribution in [-0.2, 0) is 14.9 Å². The van der Waals surface area contributed by atoms with Crippen molar-refractivity contribution >= 4 is 23.2 Å². The predicted octanol–water partition coefficient (Wildman–Crippen LogP) is 3.04. The van der Waals surface area contributed by atoms with E-state index < -0.39 is 5.97 Å². The highest BCUT2D eigenvalue weighted by atomic mass is 16.5. The van der Waals surface area contributed by atoms with Crippen molar-refractivity contribution < 1.29 is 19.1 Å². The first-order chi connectivity index (χ1) is 11.1. The van der Waals surface area contributed by atoms with Gasteiger partial charge < -0.3 is 14.3 Å². The number of hydrogen-bond donors (Lipinski definition) is 0. The van der Waals surface area contributed by atoms with E-state index >= 15 is 0 Å². The Morgan fingerprint density at radius 3 is 2.70 bits per heavy atom. The Kier molecular flexibility index (Phi) is 4.03. The minimum Gasteiger partial charge on any atom is -0.480 e. The van der Waals surface area contributed by atoms with Gasteiger partial charge in [0.25, 0.3) is 0 Å². The maximum atomic E-state index is 12.0. The summed E-state index contributed by atoms with van der Waals surface area (Å²) >= 11 is 0. The second kappa shape index (κ2) is 5.99. The van der Waals surface area contributed by atoms with Crippen LogP contribution in [0.3, 0.4) is 0 Å². The van der Waals surface area contributed by atoms with Gasteiger partial charge in [0.1, 0.15) is 11.8 Å². The van der Waals surface area contributed by atoms with E-state index in [0.29, 0.717) is 17.7 Å². The zero-order chi connectivity index (χ0) is 16.4. The number of esters is 1. The number of carbonyl (C=O) groups excluding carboxylic acids is 2. The number of fused-ring (bicyclic) bond motifs is 1. The van der Waals surface area contributed by atoms with Crippen molar-refractivity contribution in [3.8, 4) is 5.88 Å². The van der Waals surface area contributed by atoms with Crippen molar-refractivity contribution in [2.45, 2.75) is 31.6 Å². The molecule has 0 saturated heterocycles. The molecule has 0 amide bonds. The van der Waals surface area contributed by atoms with Gasteiger partial charge >= 0.3 is 5.97 Å². The predicted molar refractivity (Wildman–Crippen MR) is 85.8 cm³/mol. The Bertz CT molecular complexity index is 765. The summed E-state index contributed by atoms with van der Waals surface area (Å²) in [5.41, 5.74) is 1.62. The van der Waals surface area contributed by atoms with Gasteiger partial charge in [-0.15, -0.1) is 0 Å². The summed E-state index contributed by atoms with van der Waals surface area (Å²) in [6.45, 7) is 2.05. The molecule has 1 aliphatic carbocycles. The summed E-state index contributed by atoms with van der Waals surface area (Å²) < 4.78 is 10.3. The van der Waals surface area contributed by atoms with Gasteiger partial charge in [-0.25, -0.2) is 9.78 Å². The van der Waals surface area contributed by atoms with Gasteiger partial charge in [-0.1, -0.05) is 18.6 Å². The van der Waals surface area contributed by atoms with Crippen LogP contribution in [0.5, 0.6) is 5.88 Å². The molecule has 1 heterocycles. The van der Waals surface area contributed by atoms with Gasteiger partial charge in [0, 0.05) is 5.39 Å². The summed E-state index contributed by atoms with van der Waals surface area (Å²) in [5, 5.41) is 0.818. The average Bonchev–Trinajstić information content (AvgIpc) is 2.53. The Morgan fingerprint density at radius 2 is 2.13 bits per heavy atom. The summed E-state index contributed by atoms with van der Waals surface area (Å²) in [6.07, 6.45) is 3.86. The van der Waals surface area contributed by atoms with Crippen LogP contribution in [-0.4, -0.2) is 31.0 Å². The SMILES string of the molecule is CCOC(=O)c1cc2ccc(C3(C=O)CCC3)cc2nc1OC. The molecule has 23 heavy (non-hydrogen) atoms. The van der Waals surface area contributed by atoms with Gasteiger partial charge in [-0.2, -0.15) is 0 Å². The van der Waals surface area contributed by atoms with Crippen LogP contribution in [0, 0.1) is 0 Å². The van der Waals surface area contributed by atoms with Crippen LogP contribution in [0.2, 0.25) is 0 Å². The first-order valence-electron chi connectivity index (χ1n) is 7.76. The van der Waals surface area contributed by atoms with Crippen molar-refractivity contribution in [1.29, 1.82) is 0 Å². The topological polar surface area (TPSA) is 65.5 Å². The van der Waals surface area contributed by atoms with Crippen LogP contribution in [0.4, 0.5) is 0 Å². The van der Waals surface area contributed by atoms with E-state index in [9.17, 15) is 9.59 Å². The number of carbonyl (C=O) groups is 2. The number of methoxy groups -OCH3 is 1. The van der Waals surface area contributed by atoms with E-state index in [0.717, 1.165) is 36.5 Å². The third-order valence-electron chi connectivity index (χ3n) is 4.52. The van der Waals surface area contributed by atoms with Gasteiger partial charge in [0.15, 0.2) is 0 Å². The molecule has 0 N–H and O–H groups in total. The highest BCUT2D eigenvalue weighted by Gasteiger charge is 2.38. The molecule has 0 spiro atoms. The first kappa shape index (κ1) is 15.5. The molecule has 5 heteroatoms. The molecule has 2 aromatic rings. The van der Waals surface area contributed by atoms with Crippen LogP contribution >= 0.6 is 0 Å². The lowest BCUT2D eigenvalue weighted by molar-refractivity contribution is -0.115. The fourth-order valence-corrected chi connectivity index (χ4v) is 3.00. The zero-order valence-electron chi connectivity index (χ0n) is 13.3. The highest BCUT2D eigenvalue weighted by Crippen LogP contribution is 2.42. The molecular weight excluding hydrogens is 294 g/mol. The number of aldehydes is 1. The molecule has 120 valence electrons. The quantitative estimate of drug-likeness (QED) is 0.627. The molecule has 1 aromatic heterocycles. The van der Waals surface area contributed by atoms with E-state index in [1.807, 2.05) is 18.2 Å². The van der Waals surface area contributed by atoms with Crippen LogP contribution < -0.4 is 4.74 Å². The molecule has 0 bridgehead atoms. The third-order valence-corrected chi connectivity index (χ3v) is 4.52. The summed E-state index contributed by atoms with van der Waals surface area (Å²) in [4.78, 5) is 27.9. The second-order valence-electron chi connectivity index (χ2n) is 5.80. The van der Waals surface area contributed by atoms with Gasteiger partial charge in [-0.3, -0.25) is 0 Å². The Labute approximate surface area is 134 Å². The highest BCUT2D eigenvalue weighted by molar-refractivity contribution is 5.96. The van der Waals surface area contributed by atoms with Crippen LogP contribution in [0.15, 0.2) is 24.3 Å².